The lowest BCUT2D eigenvalue weighted by molar-refractivity contribution is -0.235. The number of halogens is 2. The van der Waals surface area contributed by atoms with Gasteiger partial charge in [0.05, 0.1) is 6.20 Å². The maximum Gasteiger partial charge on any atom is 0.276 e. The van der Waals surface area contributed by atoms with Gasteiger partial charge in [0.15, 0.2) is 30.5 Å². The third-order valence-corrected chi connectivity index (χ3v) is 6.28. The van der Waals surface area contributed by atoms with Gasteiger partial charge in [-0.2, -0.15) is 5.10 Å². The molecule has 10 nitrogen and oxygen atoms in total. The molecule has 1 amide bonds. The number of carbonyl (C=O) groups is 1. The predicted molar refractivity (Wildman–Crippen MR) is 119 cm³/mol. The lowest BCUT2D eigenvalue weighted by Gasteiger charge is -2.29. The Morgan fingerprint density at radius 2 is 2.03 bits per heavy atom. The molecule has 4 rings (SSSR count). The number of carbonyl (C=O) groups excluding carboxylic acids is 1. The first-order valence-corrected chi connectivity index (χ1v) is 11.3. The molecule has 3 aromatic heterocycles. The van der Waals surface area contributed by atoms with Crippen LogP contribution in [0.2, 0.25) is 0 Å². The minimum atomic E-state index is -1.50. The number of hydrogen-bond acceptors (Lipinski definition) is 10. The van der Waals surface area contributed by atoms with Crippen molar-refractivity contribution in [3.05, 3.63) is 65.9 Å². The van der Waals surface area contributed by atoms with Crippen LogP contribution in [0.5, 0.6) is 0 Å². The normalized spacial score (nSPS) is 14.6. The van der Waals surface area contributed by atoms with E-state index in [2.05, 4.69) is 35.5 Å². The highest BCUT2D eigenvalue weighted by molar-refractivity contribution is 8.03. The Bertz CT molecular complexity index is 1170. The molecule has 14 heteroatoms. The number of allylic oxidation sites excluding steroid dienone is 1. The van der Waals surface area contributed by atoms with E-state index in [0.717, 1.165) is 0 Å². The maximum absolute atomic E-state index is 13.0. The van der Waals surface area contributed by atoms with E-state index in [1.165, 1.54) is 54.5 Å². The van der Waals surface area contributed by atoms with Crippen molar-refractivity contribution in [3.8, 4) is 0 Å². The van der Waals surface area contributed by atoms with Crippen molar-refractivity contribution in [2.24, 2.45) is 0 Å². The Morgan fingerprint density at radius 3 is 2.68 bits per heavy atom. The number of hydrogen-bond donors (Lipinski definition) is 2. The van der Waals surface area contributed by atoms with Crippen LogP contribution in [0.1, 0.15) is 16.9 Å². The minimum Gasteiger partial charge on any atom is -0.315 e. The Morgan fingerprint density at radius 1 is 1.18 bits per heavy atom. The molecular weight excluding hydrogens is 488 g/mol. The van der Waals surface area contributed by atoms with Gasteiger partial charge in [-0.1, -0.05) is 17.8 Å². The van der Waals surface area contributed by atoms with Gasteiger partial charge in [-0.05, 0) is 36.0 Å². The summed E-state index contributed by atoms with van der Waals surface area (Å²) in [5.74, 6) is -1.72. The van der Waals surface area contributed by atoms with Gasteiger partial charge in [0.25, 0.3) is 5.91 Å². The first-order chi connectivity index (χ1) is 16.6. The molecule has 0 saturated carbocycles. The summed E-state index contributed by atoms with van der Waals surface area (Å²) in [6.45, 7) is -2.25. The van der Waals surface area contributed by atoms with Crippen LogP contribution < -0.4 is 5.32 Å². The van der Waals surface area contributed by atoms with E-state index in [4.69, 9.17) is 9.47 Å². The quantitative estimate of drug-likeness (QED) is 0.391. The smallest absolute Gasteiger partial charge is 0.276 e. The largest absolute Gasteiger partial charge is 0.315 e. The zero-order chi connectivity index (χ0) is 23.8. The summed E-state index contributed by atoms with van der Waals surface area (Å²) < 4.78 is 35.3. The molecule has 0 aliphatic heterocycles. The standard InChI is InChI=1S/C20H17F2N7O3S2/c21-10-31-20(32-11-22)5-3-13(4-6-20)33-14-1-2-16(34-19-25-12-26-29-19)28-17(14)18(30)27-15-9-23-7-8-24-15/h1-5,7-9,12H,6,10-11H2,(H,24,27,30)(H,25,26,29). The van der Waals surface area contributed by atoms with Gasteiger partial charge < -0.3 is 14.8 Å². The fraction of sp³-hybridized carbons (Fsp3) is 0.200. The van der Waals surface area contributed by atoms with Gasteiger partial charge in [-0.3, -0.25) is 14.9 Å². The number of aromatic nitrogens is 6. The molecular formula is C20H17F2N7O3S2. The molecule has 0 spiro atoms. The summed E-state index contributed by atoms with van der Waals surface area (Å²) in [6, 6.07) is 3.49. The van der Waals surface area contributed by atoms with Crippen LogP contribution in [0, 0.1) is 0 Å². The molecule has 0 atom stereocenters. The molecule has 0 fully saturated rings. The third kappa shape index (κ3) is 6.02. The summed E-state index contributed by atoms with van der Waals surface area (Å²) in [6.07, 6.45) is 10.6. The first-order valence-electron chi connectivity index (χ1n) is 9.69. The third-order valence-electron chi connectivity index (χ3n) is 4.36. The molecule has 0 aromatic carbocycles. The van der Waals surface area contributed by atoms with E-state index >= 15 is 0 Å². The average Bonchev–Trinajstić information content (AvgIpc) is 3.36. The topological polar surface area (TPSA) is 128 Å². The fourth-order valence-electron chi connectivity index (χ4n) is 2.84. The SMILES string of the molecule is O=C(Nc1cnccn1)c1nc(Sc2ncn[nH]2)ccc1SC1=CCC(OCF)(OCF)C=C1. The summed E-state index contributed by atoms with van der Waals surface area (Å²) in [5, 5.41) is 10.2. The highest BCUT2D eigenvalue weighted by atomic mass is 32.2. The summed E-state index contributed by atoms with van der Waals surface area (Å²) in [4.78, 5) is 30.8. The second-order valence-corrected chi connectivity index (χ2v) is 8.62. The van der Waals surface area contributed by atoms with Gasteiger partial charge in [-0.25, -0.2) is 23.7 Å². The highest BCUT2D eigenvalue weighted by Crippen LogP contribution is 2.37. The Balaban J connectivity index is 1.58. The second-order valence-electron chi connectivity index (χ2n) is 6.50. The van der Waals surface area contributed by atoms with Crippen LogP contribution in [-0.4, -0.2) is 55.5 Å². The Labute approximate surface area is 200 Å². The number of anilines is 1. The number of thioether (sulfide) groups is 1. The average molecular weight is 506 g/mol. The number of pyridine rings is 1. The van der Waals surface area contributed by atoms with Crippen molar-refractivity contribution in [2.45, 2.75) is 27.3 Å². The van der Waals surface area contributed by atoms with Gasteiger partial charge in [0.1, 0.15) is 17.0 Å². The van der Waals surface area contributed by atoms with Crippen molar-refractivity contribution in [2.75, 3.05) is 19.0 Å². The number of ether oxygens (including phenoxy) is 2. The highest BCUT2D eigenvalue weighted by Gasteiger charge is 2.31. The molecule has 34 heavy (non-hydrogen) atoms. The number of nitrogens with one attached hydrogen (secondary N) is 2. The number of nitrogens with zero attached hydrogens (tertiary/aromatic N) is 5. The number of aromatic amines is 1. The van der Waals surface area contributed by atoms with Crippen LogP contribution in [0.3, 0.4) is 0 Å². The van der Waals surface area contributed by atoms with Crippen molar-refractivity contribution < 1.29 is 23.0 Å². The molecule has 3 heterocycles. The molecule has 0 radical (unpaired) electrons. The van der Waals surface area contributed by atoms with Gasteiger partial charge in [0.2, 0.25) is 0 Å². The van der Waals surface area contributed by atoms with Crippen LogP contribution >= 0.6 is 23.5 Å². The van der Waals surface area contributed by atoms with Crippen molar-refractivity contribution in [3.63, 3.8) is 0 Å². The second kappa shape index (κ2) is 11.3. The van der Waals surface area contributed by atoms with E-state index in [9.17, 15) is 13.6 Å². The van der Waals surface area contributed by atoms with Crippen LogP contribution in [0.25, 0.3) is 0 Å². The maximum atomic E-state index is 13.0. The monoisotopic (exact) mass is 505 g/mol. The number of amides is 1. The van der Waals surface area contributed by atoms with Crippen molar-refractivity contribution in [1.82, 2.24) is 30.1 Å². The van der Waals surface area contributed by atoms with Gasteiger partial charge in [0, 0.05) is 28.6 Å². The lowest BCUT2D eigenvalue weighted by atomic mass is 10.1. The zero-order valence-corrected chi connectivity index (χ0v) is 19.0. The number of rotatable bonds is 10. The Kier molecular flexibility index (Phi) is 7.95. The molecule has 176 valence electrons. The number of H-pyrrole nitrogens is 1. The molecule has 1 aliphatic carbocycles. The van der Waals surface area contributed by atoms with Crippen LogP contribution in [0.4, 0.5) is 14.6 Å². The van der Waals surface area contributed by atoms with E-state index in [1.807, 2.05) is 0 Å². The molecule has 2 N–H and O–H groups in total. The molecule has 0 saturated heterocycles. The van der Waals surface area contributed by atoms with Crippen molar-refractivity contribution >= 4 is 35.2 Å². The molecule has 0 unspecified atom stereocenters. The van der Waals surface area contributed by atoms with E-state index in [-0.39, 0.29) is 17.9 Å². The fourth-order valence-corrected chi connectivity index (χ4v) is 4.44. The predicted octanol–water partition coefficient (Wildman–Crippen LogP) is 3.91. The Hall–Kier alpha value is -3.20. The molecule has 0 bridgehead atoms. The molecule has 1 aliphatic rings. The first kappa shape index (κ1) is 23.9. The number of alkyl halides is 2. The van der Waals surface area contributed by atoms with E-state index in [1.54, 1.807) is 24.3 Å². The summed E-state index contributed by atoms with van der Waals surface area (Å²) in [5.41, 5.74) is 0.145. The van der Waals surface area contributed by atoms with Gasteiger partial charge in [-0.15, -0.1) is 0 Å². The zero-order valence-electron chi connectivity index (χ0n) is 17.4. The molecule has 3 aromatic rings. The minimum absolute atomic E-state index is 0.0909. The van der Waals surface area contributed by atoms with Crippen LogP contribution in [0.15, 0.2) is 75.3 Å². The lowest BCUT2D eigenvalue weighted by Crippen LogP contribution is -2.34. The van der Waals surface area contributed by atoms with Crippen LogP contribution in [-0.2, 0) is 9.47 Å². The summed E-state index contributed by atoms with van der Waals surface area (Å²) >= 11 is 2.46. The summed E-state index contributed by atoms with van der Waals surface area (Å²) in [7, 11) is 0. The van der Waals surface area contributed by atoms with E-state index in [0.29, 0.717) is 20.0 Å². The van der Waals surface area contributed by atoms with Crippen molar-refractivity contribution in [1.29, 1.82) is 0 Å². The van der Waals surface area contributed by atoms with Gasteiger partial charge >= 0.3 is 0 Å². The van der Waals surface area contributed by atoms with E-state index < -0.39 is 25.4 Å².